The molecule has 10 nitrogen and oxygen atoms in total. The second-order valence-electron chi connectivity index (χ2n) is 5.74. The molecule has 2 heterocycles. The van der Waals surface area contributed by atoms with E-state index in [2.05, 4.69) is 25.4 Å². The van der Waals surface area contributed by atoms with E-state index in [0.717, 1.165) is 16.9 Å². The average Bonchev–Trinajstić information content (AvgIpc) is 3.31. The molecule has 12 heteroatoms. The Kier molecular flexibility index (Phi) is 6.02. The monoisotopic (exact) mass is 423 g/mol. The minimum atomic E-state index is -3.74. The van der Waals surface area contributed by atoms with Crippen LogP contribution in [0.1, 0.15) is 28.5 Å². The minimum Gasteiger partial charge on any atom is -0.386 e. The second-order valence-corrected chi connectivity index (χ2v) is 8.59. The van der Waals surface area contributed by atoms with Gasteiger partial charge < -0.3 is 14.9 Å². The number of amides is 1. The van der Waals surface area contributed by atoms with Crippen molar-refractivity contribution < 1.29 is 22.8 Å². The number of aliphatic hydroxyl groups is 1. The van der Waals surface area contributed by atoms with Crippen molar-refractivity contribution in [2.45, 2.75) is 13.0 Å². The molecule has 0 spiro atoms. The third-order valence-electron chi connectivity index (χ3n) is 3.50. The number of benzene rings is 1. The molecule has 0 unspecified atom stereocenters. The van der Waals surface area contributed by atoms with E-state index >= 15 is 0 Å². The number of nitrogens with one attached hydrogen (secondary N) is 2. The molecular weight excluding hydrogens is 406 g/mol. The van der Waals surface area contributed by atoms with E-state index in [-0.39, 0.29) is 23.1 Å². The van der Waals surface area contributed by atoms with Crippen LogP contribution in [0.4, 0.5) is 5.13 Å². The number of carbonyl (C=O) groups is 1. The van der Waals surface area contributed by atoms with E-state index in [0.29, 0.717) is 10.8 Å². The summed E-state index contributed by atoms with van der Waals surface area (Å²) < 4.78 is 31.5. The first-order chi connectivity index (χ1) is 13.3. The molecule has 0 aliphatic carbocycles. The SMILES string of the molecule is C[C@@H](O)c1nnc(NS(=O)(=O)CCNC(=O)c2cc(-c3ccccc3)on2)s1. The maximum Gasteiger partial charge on any atom is 0.273 e. The van der Waals surface area contributed by atoms with Gasteiger partial charge in [0.2, 0.25) is 15.2 Å². The van der Waals surface area contributed by atoms with Gasteiger partial charge in [-0.3, -0.25) is 9.52 Å². The molecule has 0 radical (unpaired) electrons. The van der Waals surface area contributed by atoms with Gasteiger partial charge in [0.25, 0.3) is 5.91 Å². The van der Waals surface area contributed by atoms with Crippen molar-refractivity contribution in [1.82, 2.24) is 20.7 Å². The topological polar surface area (TPSA) is 147 Å². The lowest BCUT2D eigenvalue weighted by Crippen LogP contribution is -2.31. The van der Waals surface area contributed by atoms with Crippen LogP contribution in [0.15, 0.2) is 40.9 Å². The first-order valence-electron chi connectivity index (χ1n) is 8.16. The Bertz CT molecular complexity index is 1050. The molecule has 1 aromatic carbocycles. The highest BCUT2D eigenvalue weighted by Gasteiger charge is 2.18. The lowest BCUT2D eigenvalue weighted by atomic mass is 10.1. The fraction of sp³-hybridized carbons (Fsp3) is 0.250. The number of hydrogen-bond acceptors (Lipinski definition) is 9. The molecule has 0 saturated heterocycles. The van der Waals surface area contributed by atoms with Crippen molar-refractivity contribution in [3.63, 3.8) is 0 Å². The van der Waals surface area contributed by atoms with Crippen LogP contribution in [0.3, 0.4) is 0 Å². The molecule has 0 aliphatic heterocycles. The standard InChI is InChI=1S/C16H17N5O5S2/c1-10(22)15-18-19-16(27-15)21-28(24,25)8-7-17-14(23)12-9-13(26-20-12)11-5-3-2-4-6-11/h2-6,9-10,22H,7-8H2,1H3,(H,17,23)(H,19,21)/t10-/m1/s1. The maximum atomic E-state index is 12.1. The Labute approximate surface area is 164 Å². The summed E-state index contributed by atoms with van der Waals surface area (Å²) in [6.45, 7) is 1.37. The van der Waals surface area contributed by atoms with Gasteiger partial charge in [-0.05, 0) is 6.92 Å². The Morgan fingerprint density at radius 2 is 2.04 bits per heavy atom. The molecule has 0 fully saturated rings. The molecule has 3 rings (SSSR count). The highest BCUT2D eigenvalue weighted by molar-refractivity contribution is 7.92. The van der Waals surface area contributed by atoms with Crippen molar-refractivity contribution in [2.24, 2.45) is 0 Å². The summed E-state index contributed by atoms with van der Waals surface area (Å²) in [6, 6.07) is 10.6. The summed E-state index contributed by atoms with van der Waals surface area (Å²) >= 11 is 0.933. The zero-order valence-corrected chi connectivity index (χ0v) is 16.3. The van der Waals surface area contributed by atoms with Crippen molar-refractivity contribution >= 4 is 32.4 Å². The zero-order valence-electron chi connectivity index (χ0n) is 14.7. The van der Waals surface area contributed by atoms with Crippen LogP contribution in [0, 0.1) is 0 Å². The number of aliphatic hydroxyl groups excluding tert-OH is 1. The predicted octanol–water partition coefficient (Wildman–Crippen LogP) is 1.42. The van der Waals surface area contributed by atoms with Crippen LogP contribution in [-0.2, 0) is 10.0 Å². The third-order valence-corrected chi connectivity index (χ3v) is 5.88. The Morgan fingerprint density at radius 3 is 2.71 bits per heavy atom. The maximum absolute atomic E-state index is 12.1. The van der Waals surface area contributed by atoms with Crippen LogP contribution in [-0.4, -0.2) is 47.1 Å². The quantitative estimate of drug-likeness (QED) is 0.493. The van der Waals surface area contributed by atoms with E-state index in [4.69, 9.17) is 4.52 Å². The highest BCUT2D eigenvalue weighted by atomic mass is 32.2. The summed E-state index contributed by atoms with van der Waals surface area (Å²) in [7, 11) is -3.74. The van der Waals surface area contributed by atoms with Crippen LogP contribution in [0.5, 0.6) is 0 Å². The third kappa shape index (κ3) is 5.12. The second kappa shape index (κ2) is 8.46. The molecule has 2 aromatic heterocycles. The van der Waals surface area contributed by atoms with Gasteiger partial charge in [0.15, 0.2) is 11.5 Å². The molecule has 0 aliphatic rings. The number of rotatable bonds is 8. The van der Waals surface area contributed by atoms with Gasteiger partial charge in [-0.1, -0.05) is 46.8 Å². The minimum absolute atomic E-state index is 0.0474. The van der Waals surface area contributed by atoms with E-state index in [1.54, 1.807) is 0 Å². The van der Waals surface area contributed by atoms with Crippen molar-refractivity contribution in [3.05, 3.63) is 47.1 Å². The number of anilines is 1. The first-order valence-corrected chi connectivity index (χ1v) is 10.6. The fourth-order valence-electron chi connectivity index (χ4n) is 2.14. The number of hydrogen-bond donors (Lipinski definition) is 3. The Morgan fingerprint density at radius 1 is 1.29 bits per heavy atom. The summed E-state index contributed by atoms with van der Waals surface area (Å²) in [5.41, 5.74) is 0.823. The number of sulfonamides is 1. The number of carbonyl (C=O) groups excluding carboxylic acids is 1. The number of nitrogens with zero attached hydrogens (tertiary/aromatic N) is 3. The van der Waals surface area contributed by atoms with Gasteiger partial charge >= 0.3 is 0 Å². The molecule has 28 heavy (non-hydrogen) atoms. The predicted molar refractivity (Wildman–Crippen MR) is 102 cm³/mol. The van der Waals surface area contributed by atoms with Gasteiger partial charge in [-0.25, -0.2) is 8.42 Å². The van der Waals surface area contributed by atoms with Gasteiger partial charge in [-0.2, -0.15) is 0 Å². The molecular formula is C16H17N5O5S2. The van der Waals surface area contributed by atoms with Crippen molar-refractivity contribution in [2.75, 3.05) is 17.0 Å². The molecule has 1 atom stereocenters. The first kappa shape index (κ1) is 19.9. The molecule has 0 saturated carbocycles. The van der Waals surface area contributed by atoms with Gasteiger partial charge in [0.05, 0.1) is 5.75 Å². The number of aromatic nitrogens is 3. The van der Waals surface area contributed by atoms with Crippen LogP contribution >= 0.6 is 11.3 Å². The molecule has 1 amide bonds. The molecule has 3 N–H and O–H groups in total. The van der Waals surface area contributed by atoms with Crippen LogP contribution < -0.4 is 10.0 Å². The highest BCUT2D eigenvalue weighted by Crippen LogP contribution is 2.22. The normalized spacial score (nSPS) is 12.5. The van der Waals surface area contributed by atoms with Crippen LogP contribution in [0.25, 0.3) is 11.3 Å². The molecule has 0 bridgehead atoms. The lowest BCUT2D eigenvalue weighted by Gasteiger charge is -2.05. The smallest absolute Gasteiger partial charge is 0.273 e. The Hall–Kier alpha value is -2.83. The Balaban J connectivity index is 1.52. The summed E-state index contributed by atoms with van der Waals surface area (Å²) in [4.78, 5) is 12.1. The zero-order chi connectivity index (χ0) is 20.1. The van der Waals surface area contributed by atoms with E-state index in [1.165, 1.54) is 13.0 Å². The van der Waals surface area contributed by atoms with Crippen LogP contribution in [0.2, 0.25) is 0 Å². The van der Waals surface area contributed by atoms with E-state index < -0.39 is 22.0 Å². The van der Waals surface area contributed by atoms with Gasteiger partial charge in [0.1, 0.15) is 11.1 Å². The molecule has 148 valence electrons. The van der Waals surface area contributed by atoms with E-state index in [1.807, 2.05) is 30.3 Å². The summed E-state index contributed by atoms with van der Waals surface area (Å²) in [5, 5.41) is 23.2. The summed E-state index contributed by atoms with van der Waals surface area (Å²) in [5.74, 6) is -0.482. The largest absolute Gasteiger partial charge is 0.386 e. The van der Waals surface area contributed by atoms with E-state index in [9.17, 15) is 18.3 Å². The fourth-order valence-corrected chi connectivity index (χ4v) is 4.00. The molecule has 3 aromatic rings. The van der Waals surface area contributed by atoms with Gasteiger partial charge in [0, 0.05) is 18.2 Å². The van der Waals surface area contributed by atoms with Crippen molar-refractivity contribution in [1.29, 1.82) is 0 Å². The van der Waals surface area contributed by atoms with Crippen molar-refractivity contribution in [3.8, 4) is 11.3 Å². The average molecular weight is 423 g/mol. The van der Waals surface area contributed by atoms with Gasteiger partial charge in [-0.15, -0.1) is 10.2 Å². The lowest BCUT2D eigenvalue weighted by molar-refractivity contribution is 0.0947. The summed E-state index contributed by atoms with van der Waals surface area (Å²) in [6.07, 6.45) is -0.835.